The Labute approximate surface area is 137 Å². The highest BCUT2D eigenvalue weighted by Crippen LogP contribution is 2.26. The highest BCUT2D eigenvalue weighted by Gasteiger charge is 2.08. The summed E-state index contributed by atoms with van der Waals surface area (Å²) < 4.78 is 5.74. The smallest absolute Gasteiger partial charge is 0.216 e. The molecule has 0 unspecified atom stereocenters. The number of carbonyl (C=O) groups excluding carboxylic acids is 1. The summed E-state index contributed by atoms with van der Waals surface area (Å²) in [5.74, 6) is 0.870. The third-order valence-corrected chi connectivity index (χ3v) is 3.83. The zero-order valence-corrected chi connectivity index (χ0v) is 13.8. The molecule has 0 spiro atoms. The second-order valence-corrected chi connectivity index (χ2v) is 5.69. The minimum Gasteiger partial charge on any atom is -0.494 e. The summed E-state index contributed by atoms with van der Waals surface area (Å²) in [7, 11) is 0. The average Bonchev–Trinajstić information content (AvgIpc) is 2.55. The van der Waals surface area contributed by atoms with Crippen LogP contribution >= 0.6 is 12.6 Å². The fourth-order valence-electron chi connectivity index (χ4n) is 2.37. The van der Waals surface area contributed by atoms with E-state index in [4.69, 9.17) is 4.74 Å². The van der Waals surface area contributed by atoms with Crippen molar-refractivity contribution in [3.63, 3.8) is 0 Å². The van der Waals surface area contributed by atoms with Gasteiger partial charge in [0.05, 0.1) is 6.61 Å². The third kappa shape index (κ3) is 4.63. The van der Waals surface area contributed by atoms with Crippen LogP contribution in [0.15, 0.2) is 48.5 Å². The second kappa shape index (κ2) is 8.64. The summed E-state index contributed by atoms with van der Waals surface area (Å²) in [5.41, 5.74) is 2.52. The van der Waals surface area contributed by atoms with Crippen molar-refractivity contribution in [1.29, 1.82) is 0 Å². The Morgan fingerprint density at radius 1 is 1.00 bits per heavy atom. The monoisotopic (exact) mass is 314 g/mol. The molecule has 2 aromatic carbocycles. The van der Waals surface area contributed by atoms with Gasteiger partial charge >= 0.3 is 0 Å². The number of rotatable bonds is 8. The van der Waals surface area contributed by atoms with Gasteiger partial charge in [0.1, 0.15) is 5.75 Å². The van der Waals surface area contributed by atoms with Crippen LogP contribution in [0.4, 0.5) is 0 Å². The number of carbonyl (C=O) groups is 1. The molecule has 0 saturated carbocycles. The van der Waals surface area contributed by atoms with Crippen molar-refractivity contribution in [2.24, 2.45) is 0 Å². The van der Waals surface area contributed by atoms with E-state index < -0.39 is 0 Å². The molecule has 22 heavy (non-hydrogen) atoms. The summed E-state index contributed by atoms with van der Waals surface area (Å²) >= 11 is 3.94. The molecule has 0 aliphatic heterocycles. The average molecular weight is 314 g/mol. The molecule has 0 aromatic heterocycles. The molecule has 0 amide bonds. The van der Waals surface area contributed by atoms with Crippen molar-refractivity contribution in [3.8, 4) is 16.9 Å². The minimum absolute atomic E-state index is 0.216. The first kappa shape index (κ1) is 16.6. The van der Waals surface area contributed by atoms with Gasteiger partial charge in [-0.15, -0.1) is 12.6 Å². The van der Waals surface area contributed by atoms with E-state index >= 15 is 0 Å². The third-order valence-electron chi connectivity index (χ3n) is 3.59. The molecule has 2 aromatic rings. The fourth-order valence-corrected chi connectivity index (χ4v) is 2.57. The maximum absolute atomic E-state index is 11.6. The van der Waals surface area contributed by atoms with E-state index in [2.05, 4.69) is 19.6 Å². The Bertz CT molecular complexity index is 605. The van der Waals surface area contributed by atoms with Gasteiger partial charge in [0, 0.05) is 5.56 Å². The van der Waals surface area contributed by atoms with Gasteiger partial charge in [-0.25, -0.2) is 0 Å². The largest absolute Gasteiger partial charge is 0.494 e. The lowest BCUT2D eigenvalue weighted by Crippen LogP contribution is -1.97. The van der Waals surface area contributed by atoms with Crippen molar-refractivity contribution >= 4 is 17.7 Å². The fraction of sp³-hybridized carbons (Fsp3) is 0.316. The standard InChI is InChI=1S/C19H22O2S/c1-2-3-4-7-14-21-16-12-10-15(11-13-16)17-8-5-6-9-18(17)19(20)22/h5-6,8-13H,2-4,7,14H2,1H3,(H,20,22). The van der Waals surface area contributed by atoms with E-state index in [0.717, 1.165) is 29.9 Å². The predicted molar refractivity (Wildman–Crippen MR) is 94.8 cm³/mol. The van der Waals surface area contributed by atoms with Gasteiger partial charge in [-0.05, 0) is 35.7 Å². The molecular weight excluding hydrogens is 292 g/mol. The maximum Gasteiger partial charge on any atom is 0.216 e. The molecule has 0 aliphatic rings. The van der Waals surface area contributed by atoms with E-state index in [1.807, 2.05) is 42.5 Å². The molecule has 0 radical (unpaired) electrons. The maximum atomic E-state index is 11.6. The predicted octanol–water partition coefficient (Wildman–Crippen LogP) is 5.38. The number of hydrogen-bond acceptors (Lipinski definition) is 2. The zero-order chi connectivity index (χ0) is 15.8. The molecule has 0 atom stereocenters. The van der Waals surface area contributed by atoms with E-state index in [0.29, 0.717) is 5.56 Å². The van der Waals surface area contributed by atoms with E-state index in [1.54, 1.807) is 6.07 Å². The van der Waals surface area contributed by atoms with Crippen LogP contribution < -0.4 is 4.74 Å². The number of hydrogen-bond donors (Lipinski definition) is 1. The lowest BCUT2D eigenvalue weighted by molar-refractivity contribution is 0.109. The van der Waals surface area contributed by atoms with Gasteiger partial charge in [0.25, 0.3) is 0 Å². The first-order valence-electron chi connectivity index (χ1n) is 7.78. The Kier molecular flexibility index (Phi) is 6.53. The van der Waals surface area contributed by atoms with Crippen LogP contribution in [-0.4, -0.2) is 11.7 Å². The van der Waals surface area contributed by atoms with Gasteiger partial charge in [0.2, 0.25) is 5.12 Å². The van der Waals surface area contributed by atoms with Crippen molar-refractivity contribution < 1.29 is 9.53 Å². The first-order chi connectivity index (χ1) is 10.7. The Balaban J connectivity index is 2.02. The van der Waals surface area contributed by atoms with Crippen LogP contribution in [0, 0.1) is 0 Å². The Morgan fingerprint density at radius 2 is 1.73 bits per heavy atom. The highest BCUT2D eigenvalue weighted by atomic mass is 32.1. The summed E-state index contributed by atoms with van der Waals surface area (Å²) in [4.78, 5) is 11.6. The minimum atomic E-state index is -0.216. The van der Waals surface area contributed by atoms with Crippen LogP contribution in [-0.2, 0) is 0 Å². The van der Waals surface area contributed by atoms with Crippen molar-refractivity contribution in [1.82, 2.24) is 0 Å². The van der Waals surface area contributed by atoms with Crippen LogP contribution in [0.25, 0.3) is 11.1 Å². The Morgan fingerprint density at radius 3 is 2.41 bits per heavy atom. The molecule has 116 valence electrons. The number of unbranched alkanes of at least 4 members (excludes halogenated alkanes) is 3. The van der Waals surface area contributed by atoms with E-state index in [1.165, 1.54) is 19.3 Å². The topological polar surface area (TPSA) is 26.3 Å². The number of thiol groups is 1. The molecule has 2 nitrogen and oxygen atoms in total. The molecule has 0 heterocycles. The van der Waals surface area contributed by atoms with Crippen molar-refractivity contribution in [3.05, 3.63) is 54.1 Å². The van der Waals surface area contributed by atoms with E-state index in [9.17, 15) is 4.79 Å². The van der Waals surface area contributed by atoms with Gasteiger partial charge in [-0.2, -0.15) is 0 Å². The van der Waals surface area contributed by atoms with Gasteiger partial charge in [0.15, 0.2) is 0 Å². The quantitative estimate of drug-likeness (QED) is 0.523. The van der Waals surface area contributed by atoms with E-state index in [-0.39, 0.29) is 5.12 Å². The van der Waals surface area contributed by atoms with Crippen LogP contribution in [0.2, 0.25) is 0 Å². The molecule has 3 heteroatoms. The summed E-state index contributed by atoms with van der Waals surface area (Å²) in [6.45, 7) is 2.96. The molecular formula is C19H22O2S. The zero-order valence-electron chi connectivity index (χ0n) is 12.9. The summed E-state index contributed by atoms with van der Waals surface area (Å²) in [6.07, 6.45) is 4.80. The molecule has 0 saturated heterocycles. The van der Waals surface area contributed by atoms with Crippen LogP contribution in [0.3, 0.4) is 0 Å². The van der Waals surface area contributed by atoms with Gasteiger partial charge in [-0.3, -0.25) is 4.79 Å². The first-order valence-corrected chi connectivity index (χ1v) is 8.22. The van der Waals surface area contributed by atoms with Crippen LogP contribution in [0.5, 0.6) is 5.75 Å². The molecule has 0 bridgehead atoms. The second-order valence-electron chi connectivity index (χ2n) is 5.28. The number of ether oxygens (including phenoxy) is 1. The molecule has 0 N–H and O–H groups in total. The molecule has 0 aliphatic carbocycles. The van der Waals surface area contributed by atoms with Crippen molar-refractivity contribution in [2.75, 3.05) is 6.61 Å². The van der Waals surface area contributed by atoms with Gasteiger partial charge in [-0.1, -0.05) is 56.5 Å². The van der Waals surface area contributed by atoms with Crippen LogP contribution in [0.1, 0.15) is 43.0 Å². The Hall–Kier alpha value is -1.74. The molecule has 2 rings (SSSR count). The van der Waals surface area contributed by atoms with Crippen molar-refractivity contribution in [2.45, 2.75) is 32.6 Å². The lowest BCUT2D eigenvalue weighted by Gasteiger charge is -2.09. The number of benzene rings is 2. The SMILES string of the molecule is CCCCCCOc1ccc(-c2ccccc2C(=O)S)cc1. The normalized spacial score (nSPS) is 10.5. The summed E-state index contributed by atoms with van der Waals surface area (Å²) in [5, 5.41) is -0.216. The summed E-state index contributed by atoms with van der Waals surface area (Å²) in [6, 6.07) is 15.4. The highest BCUT2D eigenvalue weighted by molar-refractivity contribution is 7.97. The lowest BCUT2D eigenvalue weighted by atomic mass is 10.0. The molecule has 0 fully saturated rings. The van der Waals surface area contributed by atoms with Gasteiger partial charge < -0.3 is 4.74 Å².